The van der Waals surface area contributed by atoms with Gasteiger partial charge in [-0.1, -0.05) is 0 Å². The van der Waals surface area contributed by atoms with Crippen molar-refractivity contribution in [2.24, 2.45) is 11.5 Å². The lowest BCUT2D eigenvalue weighted by atomic mass is 10.1. The number of aliphatic hydroxyl groups excluding tert-OH is 1. The number of aliphatic carboxylic acids is 2. The van der Waals surface area contributed by atoms with Crippen LogP contribution in [0.15, 0.2) is 0 Å². The fraction of sp³-hybridized carbons (Fsp3) is 0.583. The third kappa shape index (κ3) is 7.51. The zero-order valence-electron chi connectivity index (χ0n) is 12.8. The number of aliphatic hydroxyl groups is 1. The van der Waals surface area contributed by atoms with Gasteiger partial charge in [-0.15, -0.1) is 0 Å². The van der Waals surface area contributed by atoms with Crippen molar-refractivity contribution in [1.82, 2.24) is 10.6 Å². The number of carbonyl (C=O) groups is 5. The second kappa shape index (κ2) is 9.42. The van der Waals surface area contributed by atoms with Gasteiger partial charge in [0.15, 0.2) is 6.04 Å². The smallest absolute Gasteiger partial charge is 0.328 e. The molecule has 0 aliphatic heterocycles. The lowest BCUT2D eigenvalue weighted by Crippen LogP contribution is -2.57. The van der Waals surface area contributed by atoms with Gasteiger partial charge in [0, 0.05) is 0 Å². The van der Waals surface area contributed by atoms with Crippen molar-refractivity contribution in [2.75, 3.05) is 0 Å². The van der Waals surface area contributed by atoms with Crippen LogP contribution in [0.4, 0.5) is 0 Å². The number of nitrogens with one attached hydrogen (secondary N) is 2. The molecule has 12 nitrogen and oxygen atoms in total. The fourth-order valence-corrected chi connectivity index (χ4v) is 1.61. The van der Waals surface area contributed by atoms with Crippen LogP contribution < -0.4 is 22.1 Å². The molecule has 0 radical (unpaired) electrons. The summed E-state index contributed by atoms with van der Waals surface area (Å²) in [7, 11) is 0. The summed E-state index contributed by atoms with van der Waals surface area (Å²) in [6, 6.07) is -4.77. The van der Waals surface area contributed by atoms with Crippen LogP contribution in [-0.2, 0) is 24.0 Å². The molecule has 0 spiro atoms. The molecule has 0 fully saturated rings. The van der Waals surface area contributed by atoms with Gasteiger partial charge in [0.25, 0.3) is 0 Å². The maximum absolute atomic E-state index is 12.0. The molecule has 0 aromatic heterocycles. The molecule has 4 unspecified atom stereocenters. The largest absolute Gasteiger partial charge is 0.481 e. The molecule has 9 N–H and O–H groups in total. The Hall–Kier alpha value is -2.73. The van der Waals surface area contributed by atoms with Crippen LogP contribution in [0, 0.1) is 0 Å². The number of nitrogens with two attached hydrogens (primary N) is 2. The predicted octanol–water partition coefficient (Wildman–Crippen LogP) is -3.90. The Balaban J connectivity index is 5.08. The Morgan fingerprint density at radius 1 is 1.00 bits per heavy atom. The van der Waals surface area contributed by atoms with Crippen LogP contribution in [0.2, 0.25) is 0 Å². The molecular weight excluding hydrogens is 328 g/mol. The molecule has 0 aliphatic rings. The number of carbonyl (C=O) groups excluding carboxylic acids is 3. The third-order valence-electron chi connectivity index (χ3n) is 2.82. The first-order valence-corrected chi connectivity index (χ1v) is 6.73. The molecule has 24 heavy (non-hydrogen) atoms. The number of rotatable bonds is 10. The molecule has 0 bridgehead atoms. The number of hydrogen-bond acceptors (Lipinski definition) is 7. The first-order chi connectivity index (χ1) is 11.0. The van der Waals surface area contributed by atoms with Gasteiger partial charge in [-0.2, -0.15) is 0 Å². The van der Waals surface area contributed by atoms with Gasteiger partial charge >= 0.3 is 11.9 Å². The zero-order valence-corrected chi connectivity index (χ0v) is 12.8. The quantitative estimate of drug-likeness (QED) is 0.204. The van der Waals surface area contributed by atoms with Crippen LogP contribution >= 0.6 is 0 Å². The molecule has 4 atom stereocenters. The summed E-state index contributed by atoms with van der Waals surface area (Å²) in [5, 5.41) is 30.9. The highest BCUT2D eigenvalue weighted by Gasteiger charge is 2.31. The number of hydrogen-bond donors (Lipinski definition) is 7. The van der Waals surface area contributed by atoms with E-state index in [1.165, 1.54) is 0 Å². The van der Waals surface area contributed by atoms with Crippen LogP contribution in [0.3, 0.4) is 0 Å². The Bertz CT molecular complexity index is 521. The number of carboxylic acid groups (broad SMARTS) is 2. The van der Waals surface area contributed by atoms with E-state index in [0.29, 0.717) is 0 Å². The van der Waals surface area contributed by atoms with Gasteiger partial charge in [0.1, 0.15) is 6.04 Å². The van der Waals surface area contributed by atoms with Crippen molar-refractivity contribution in [1.29, 1.82) is 0 Å². The average Bonchev–Trinajstić information content (AvgIpc) is 2.41. The second-order valence-electron chi connectivity index (χ2n) is 5.00. The molecule has 3 amide bonds. The summed E-state index contributed by atoms with van der Waals surface area (Å²) >= 11 is 0. The predicted molar refractivity (Wildman–Crippen MR) is 77.2 cm³/mol. The molecule has 0 aliphatic carbocycles. The summed E-state index contributed by atoms with van der Waals surface area (Å²) in [6.07, 6.45) is -2.86. The van der Waals surface area contributed by atoms with E-state index in [1.807, 2.05) is 10.6 Å². The summed E-state index contributed by atoms with van der Waals surface area (Å²) in [5.41, 5.74) is 10.2. The molecule has 136 valence electrons. The number of amides is 3. The molecule has 0 saturated carbocycles. The van der Waals surface area contributed by atoms with Crippen LogP contribution in [0.1, 0.15) is 19.8 Å². The van der Waals surface area contributed by atoms with Crippen LogP contribution in [0.5, 0.6) is 0 Å². The van der Waals surface area contributed by atoms with Crippen molar-refractivity contribution < 1.29 is 39.3 Å². The first kappa shape index (κ1) is 21.3. The van der Waals surface area contributed by atoms with Crippen molar-refractivity contribution in [3.63, 3.8) is 0 Å². The maximum atomic E-state index is 12.0. The molecule has 0 aromatic carbocycles. The Kier molecular flexibility index (Phi) is 8.35. The Morgan fingerprint density at radius 2 is 1.54 bits per heavy atom. The van der Waals surface area contributed by atoms with Crippen molar-refractivity contribution in [3.05, 3.63) is 0 Å². The van der Waals surface area contributed by atoms with E-state index in [4.69, 9.17) is 21.7 Å². The molecule has 12 heteroatoms. The lowest BCUT2D eigenvalue weighted by molar-refractivity contribution is -0.146. The highest BCUT2D eigenvalue weighted by atomic mass is 16.4. The van der Waals surface area contributed by atoms with Gasteiger partial charge in [-0.25, -0.2) is 4.79 Å². The van der Waals surface area contributed by atoms with E-state index >= 15 is 0 Å². The molecule has 0 aromatic rings. The van der Waals surface area contributed by atoms with Gasteiger partial charge in [0.05, 0.1) is 25.0 Å². The van der Waals surface area contributed by atoms with Crippen molar-refractivity contribution >= 4 is 29.7 Å². The normalized spacial score (nSPS) is 15.5. The van der Waals surface area contributed by atoms with Crippen LogP contribution in [-0.4, -0.2) is 69.2 Å². The molecule has 0 rings (SSSR count). The fourth-order valence-electron chi connectivity index (χ4n) is 1.61. The van der Waals surface area contributed by atoms with Gasteiger partial charge in [-0.05, 0) is 6.92 Å². The average molecular weight is 348 g/mol. The van der Waals surface area contributed by atoms with E-state index in [0.717, 1.165) is 6.92 Å². The summed E-state index contributed by atoms with van der Waals surface area (Å²) in [5.74, 6) is -6.05. The summed E-state index contributed by atoms with van der Waals surface area (Å²) < 4.78 is 0. The third-order valence-corrected chi connectivity index (χ3v) is 2.82. The minimum Gasteiger partial charge on any atom is -0.481 e. The summed E-state index contributed by atoms with van der Waals surface area (Å²) in [4.78, 5) is 56.1. The number of primary amides is 1. The Labute approximate surface area is 136 Å². The van der Waals surface area contributed by atoms with E-state index in [-0.39, 0.29) is 0 Å². The SMILES string of the molecule is CC(O)C(NC(=O)C(CC(=O)O)NC(=O)C(N)CC(N)=O)C(=O)O. The van der Waals surface area contributed by atoms with E-state index in [2.05, 4.69) is 0 Å². The lowest BCUT2D eigenvalue weighted by Gasteiger charge is -2.22. The van der Waals surface area contributed by atoms with E-state index in [1.54, 1.807) is 0 Å². The van der Waals surface area contributed by atoms with Gasteiger partial charge in [0.2, 0.25) is 17.7 Å². The minimum atomic E-state index is -1.70. The zero-order chi connectivity index (χ0) is 19.0. The summed E-state index contributed by atoms with van der Waals surface area (Å²) in [6.45, 7) is 1.10. The highest BCUT2D eigenvalue weighted by Crippen LogP contribution is 2.00. The maximum Gasteiger partial charge on any atom is 0.328 e. The molecule has 0 saturated heterocycles. The van der Waals surface area contributed by atoms with Crippen molar-refractivity contribution in [3.8, 4) is 0 Å². The van der Waals surface area contributed by atoms with Gasteiger partial charge < -0.3 is 37.4 Å². The van der Waals surface area contributed by atoms with E-state index < -0.39 is 66.7 Å². The first-order valence-electron chi connectivity index (χ1n) is 6.73. The second-order valence-corrected chi connectivity index (χ2v) is 5.00. The highest BCUT2D eigenvalue weighted by molar-refractivity contribution is 5.95. The topological polar surface area (TPSA) is 222 Å². The number of carboxylic acids is 2. The molecular formula is C12H20N4O8. The van der Waals surface area contributed by atoms with Gasteiger partial charge in [-0.3, -0.25) is 19.2 Å². The molecule has 0 heterocycles. The monoisotopic (exact) mass is 348 g/mol. The van der Waals surface area contributed by atoms with Crippen molar-refractivity contribution in [2.45, 2.75) is 44.0 Å². The minimum absolute atomic E-state index is 0.529. The Morgan fingerprint density at radius 3 is 1.92 bits per heavy atom. The van der Waals surface area contributed by atoms with Crippen LogP contribution in [0.25, 0.3) is 0 Å². The standard InChI is InChI=1S/C12H20N4O8/c1-4(17)9(12(23)24)16-11(22)6(3-8(19)20)15-10(21)5(13)2-7(14)18/h4-6,9,17H,2-3,13H2,1H3,(H2,14,18)(H,15,21)(H,16,22)(H,19,20)(H,23,24). The van der Waals surface area contributed by atoms with E-state index in [9.17, 15) is 29.1 Å².